The molecule has 3 nitrogen and oxygen atoms in total. The number of para-hydroxylation sites is 1. The van der Waals surface area contributed by atoms with Crippen molar-refractivity contribution in [1.82, 2.24) is 9.88 Å². The van der Waals surface area contributed by atoms with Gasteiger partial charge in [0, 0.05) is 35.6 Å². The smallest absolute Gasteiger partial charge is 0.230 e. The van der Waals surface area contributed by atoms with E-state index in [-0.39, 0.29) is 5.91 Å². The highest BCUT2D eigenvalue weighted by molar-refractivity contribution is 8.00. The number of thioether (sulfide) groups is 1. The first-order chi connectivity index (χ1) is 11.5. The Labute approximate surface area is 154 Å². The van der Waals surface area contributed by atoms with Crippen LogP contribution in [0.2, 0.25) is 10.0 Å². The average Bonchev–Trinajstić information content (AvgIpc) is 2.91. The van der Waals surface area contributed by atoms with Gasteiger partial charge in [-0.05, 0) is 23.8 Å². The fourth-order valence-electron chi connectivity index (χ4n) is 2.46. The number of benzene rings is 2. The normalized spacial score (nSPS) is 11.0. The second-order valence-electron chi connectivity index (χ2n) is 5.44. The molecular weight excluding hydrogens is 363 g/mol. The fraction of sp³-hybridized carbons (Fsp3) is 0.167. The third kappa shape index (κ3) is 3.89. The lowest BCUT2D eigenvalue weighted by atomic mass is 10.2. The molecule has 3 rings (SSSR count). The number of carbonyl (C=O) groups is 1. The topological polar surface area (TPSA) is 34.0 Å². The number of amides is 1. The van der Waals surface area contributed by atoms with Gasteiger partial charge in [-0.1, -0.05) is 47.5 Å². The van der Waals surface area contributed by atoms with Gasteiger partial charge in [-0.2, -0.15) is 0 Å². The van der Waals surface area contributed by atoms with Crippen LogP contribution >= 0.6 is 35.0 Å². The van der Waals surface area contributed by atoms with E-state index in [0.29, 0.717) is 22.3 Å². The van der Waals surface area contributed by atoms with E-state index < -0.39 is 0 Å². The summed E-state index contributed by atoms with van der Waals surface area (Å²) in [4.78, 5) is 13.2. The van der Waals surface area contributed by atoms with Crippen LogP contribution in [0.1, 0.15) is 5.56 Å². The lowest BCUT2D eigenvalue weighted by Gasteiger charge is -2.06. The van der Waals surface area contributed by atoms with Crippen LogP contribution in [0.15, 0.2) is 53.6 Å². The maximum atomic E-state index is 12.1. The molecule has 0 aliphatic carbocycles. The molecule has 2 aromatic carbocycles. The Morgan fingerprint density at radius 2 is 1.96 bits per heavy atom. The number of hydrogen-bond donors (Lipinski definition) is 1. The van der Waals surface area contributed by atoms with Crippen LogP contribution in [-0.2, 0) is 18.4 Å². The Morgan fingerprint density at radius 1 is 1.17 bits per heavy atom. The van der Waals surface area contributed by atoms with Gasteiger partial charge in [0.05, 0.1) is 15.8 Å². The number of halogens is 2. The van der Waals surface area contributed by atoms with Gasteiger partial charge in [0.15, 0.2) is 0 Å². The summed E-state index contributed by atoms with van der Waals surface area (Å²) in [6.07, 6.45) is 2.06. The number of fused-ring (bicyclic) bond motifs is 1. The van der Waals surface area contributed by atoms with Gasteiger partial charge in [-0.15, -0.1) is 11.8 Å². The zero-order valence-corrected chi connectivity index (χ0v) is 15.4. The van der Waals surface area contributed by atoms with Crippen molar-refractivity contribution in [3.8, 4) is 0 Å². The van der Waals surface area contributed by atoms with E-state index >= 15 is 0 Å². The summed E-state index contributed by atoms with van der Waals surface area (Å²) in [5.41, 5.74) is 2.09. The van der Waals surface area contributed by atoms with E-state index in [4.69, 9.17) is 23.2 Å². The lowest BCUT2D eigenvalue weighted by molar-refractivity contribution is -0.118. The minimum absolute atomic E-state index is 0.0148. The molecule has 3 aromatic rings. The van der Waals surface area contributed by atoms with E-state index in [1.54, 1.807) is 12.1 Å². The highest BCUT2D eigenvalue weighted by Gasteiger charge is 2.09. The van der Waals surface area contributed by atoms with Gasteiger partial charge in [0.2, 0.25) is 5.91 Å². The molecule has 0 saturated heterocycles. The predicted molar refractivity (Wildman–Crippen MR) is 102 cm³/mol. The van der Waals surface area contributed by atoms with E-state index in [2.05, 4.69) is 28.2 Å². The largest absolute Gasteiger partial charge is 0.351 e. The van der Waals surface area contributed by atoms with Gasteiger partial charge in [-0.3, -0.25) is 4.79 Å². The molecule has 0 radical (unpaired) electrons. The zero-order chi connectivity index (χ0) is 17.1. The van der Waals surface area contributed by atoms with Crippen LogP contribution in [0.25, 0.3) is 10.9 Å². The van der Waals surface area contributed by atoms with Crippen LogP contribution in [0.3, 0.4) is 0 Å². The van der Waals surface area contributed by atoms with Crippen LogP contribution in [0.5, 0.6) is 0 Å². The van der Waals surface area contributed by atoms with Crippen molar-refractivity contribution in [3.05, 3.63) is 64.3 Å². The predicted octanol–water partition coefficient (Wildman–Crippen LogP) is 4.89. The summed E-state index contributed by atoms with van der Waals surface area (Å²) in [5, 5.41) is 5.08. The van der Waals surface area contributed by atoms with Crippen LogP contribution in [0, 0.1) is 0 Å². The van der Waals surface area contributed by atoms with Crippen molar-refractivity contribution in [2.75, 3.05) is 5.75 Å². The van der Waals surface area contributed by atoms with Gasteiger partial charge in [-0.25, -0.2) is 0 Å². The van der Waals surface area contributed by atoms with Crippen molar-refractivity contribution in [2.45, 2.75) is 11.4 Å². The monoisotopic (exact) mass is 378 g/mol. The minimum atomic E-state index is -0.0148. The van der Waals surface area contributed by atoms with E-state index in [0.717, 1.165) is 16.0 Å². The first-order valence-electron chi connectivity index (χ1n) is 7.42. The van der Waals surface area contributed by atoms with Crippen molar-refractivity contribution >= 4 is 51.8 Å². The molecule has 0 fully saturated rings. The molecule has 1 heterocycles. The molecular formula is C18H16Cl2N2OS. The molecule has 1 aromatic heterocycles. The number of hydrogen-bond acceptors (Lipinski definition) is 2. The molecule has 0 atom stereocenters. The Bertz CT molecular complexity index is 892. The maximum Gasteiger partial charge on any atom is 0.230 e. The molecule has 24 heavy (non-hydrogen) atoms. The summed E-state index contributed by atoms with van der Waals surface area (Å²) >= 11 is 13.4. The third-order valence-electron chi connectivity index (χ3n) is 3.69. The lowest BCUT2D eigenvalue weighted by Crippen LogP contribution is -2.24. The molecule has 0 aliphatic heterocycles. The molecule has 124 valence electrons. The van der Waals surface area contributed by atoms with Crippen LogP contribution < -0.4 is 5.32 Å². The Balaban J connectivity index is 1.58. The molecule has 0 spiro atoms. The summed E-state index contributed by atoms with van der Waals surface area (Å²) in [6.45, 7) is 0.436. The Morgan fingerprint density at radius 3 is 2.75 bits per heavy atom. The summed E-state index contributed by atoms with van der Waals surface area (Å²) in [6, 6.07) is 13.5. The minimum Gasteiger partial charge on any atom is -0.351 e. The molecule has 6 heteroatoms. The molecule has 1 N–H and O–H groups in total. The zero-order valence-electron chi connectivity index (χ0n) is 13.1. The van der Waals surface area contributed by atoms with Gasteiger partial charge in [0.25, 0.3) is 0 Å². The number of carbonyl (C=O) groups excluding carboxylic acids is 1. The molecule has 1 amide bonds. The molecule has 0 unspecified atom stereocenters. The second-order valence-corrected chi connectivity index (χ2v) is 7.27. The summed E-state index contributed by atoms with van der Waals surface area (Å²) < 4.78 is 2.07. The quantitative estimate of drug-likeness (QED) is 0.641. The third-order valence-corrected chi connectivity index (χ3v) is 5.47. The highest BCUT2D eigenvalue weighted by Crippen LogP contribution is 2.29. The van der Waals surface area contributed by atoms with E-state index in [9.17, 15) is 4.79 Å². The number of rotatable bonds is 5. The first kappa shape index (κ1) is 17.2. The Kier molecular flexibility index (Phi) is 5.39. The molecule has 0 bridgehead atoms. The Hall–Kier alpha value is -1.62. The van der Waals surface area contributed by atoms with Crippen molar-refractivity contribution in [1.29, 1.82) is 0 Å². The van der Waals surface area contributed by atoms with Crippen molar-refractivity contribution in [3.63, 3.8) is 0 Å². The first-order valence-corrected chi connectivity index (χ1v) is 9.16. The van der Waals surface area contributed by atoms with E-state index in [1.165, 1.54) is 17.1 Å². The standard InChI is InChI=1S/C18H16Cl2N2OS/c1-22-10-17(13-4-2-3-5-16(13)22)24-11-18(23)21-9-12-6-7-14(19)15(20)8-12/h2-8,10H,9,11H2,1H3,(H,21,23). The highest BCUT2D eigenvalue weighted by atomic mass is 35.5. The van der Waals surface area contributed by atoms with Gasteiger partial charge in [0.1, 0.15) is 0 Å². The number of nitrogens with zero attached hydrogens (tertiary/aromatic N) is 1. The van der Waals surface area contributed by atoms with E-state index in [1.807, 2.05) is 25.2 Å². The average molecular weight is 379 g/mol. The number of aromatic nitrogens is 1. The fourth-order valence-corrected chi connectivity index (χ4v) is 3.73. The molecule has 0 saturated carbocycles. The van der Waals surface area contributed by atoms with Gasteiger partial charge >= 0.3 is 0 Å². The summed E-state index contributed by atoms with van der Waals surface area (Å²) in [5.74, 6) is 0.356. The van der Waals surface area contributed by atoms with Crippen LogP contribution in [-0.4, -0.2) is 16.2 Å². The van der Waals surface area contributed by atoms with Gasteiger partial charge < -0.3 is 9.88 Å². The van der Waals surface area contributed by atoms with Crippen LogP contribution in [0.4, 0.5) is 0 Å². The molecule has 0 aliphatic rings. The SMILES string of the molecule is Cn1cc(SCC(=O)NCc2ccc(Cl)c(Cl)c2)c2ccccc21. The maximum absolute atomic E-state index is 12.1. The van der Waals surface area contributed by atoms with Crippen molar-refractivity contribution < 1.29 is 4.79 Å². The number of nitrogens with one attached hydrogen (secondary N) is 1. The second kappa shape index (κ2) is 7.51. The van der Waals surface area contributed by atoms with Crippen molar-refractivity contribution in [2.24, 2.45) is 7.05 Å². The number of aryl methyl sites for hydroxylation is 1. The summed E-state index contributed by atoms with van der Waals surface area (Å²) in [7, 11) is 2.01.